The van der Waals surface area contributed by atoms with Crippen molar-refractivity contribution in [3.8, 4) is 0 Å². The Kier molecular flexibility index (Phi) is 10.9. The van der Waals surface area contributed by atoms with Crippen LogP contribution in [0.5, 0.6) is 0 Å². The molecule has 2 heterocycles. The number of aliphatic hydroxyl groups is 1. The molecule has 6 aliphatic rings. The van der Waals surface area contributed by atoms with Crippen molar-refractivity contribution in [3.05, 3.63) is 91.0 Å². The second-order valence-corrected chi connectivity index (χ2v) is 27.8. The average Bonchev–Trinajstić information content (AvgIpc) is 3.65. The van der Waals surface area contributed by atoms with Crippen LogP contribution in [0.1, 0.15) is 88.0 Å². The zero-order chi connectivity index (χ0) is 43.4. The second-order valence-electron chi connectivity index (χ2n) is 21.0. The molecule has 4 aliphatic carbocycles. The molecule has 3 aromatic rings. The number of fused-ring (bicyclic) bond motifs is 5. The van der Waals surface area contributed by atoms with Gasteiger partial charge in [0.05, 0.1) is 0 Å². The Balaban J connectivity index is 1.18. The summed E-state index contributed by atoms with van der Waals surface area (Å²) < 4.78 is 42.6. The van der Waals surface area contributed by atoms with Gasteiger partial charge in [-0.3, -0.25) is 0 Å². The van der Waals surface area contributed by atoms with Gasteiger partial charge in [-0.15, -0.1) is 0 Å². The molecule has 11 heteroatoms. The molecule has 0 bridgehead atoms. The van der Waals surface area contributed by atoms with Crippen molar-refractivity contribution in [2.75, 3.05) is 13.2 Å². The molecule has 4 saturated carbocycles. The van der Waals surface area contributed by atoms with Gasteiger partial charge in [0.1, 0.15) is 0 Å². The third-order valence-corrected chi connectivity index (χ3v) is 23.6. The van der Waals surface area contributed by atoms with E-state index in [-0.39, 0.29) is 50.3 Å². The molecule has 9 rings (SSSR count). The summed E-state index contributed by atoms with van der Waals surface area (Å²) in [4.78, 5) is 29.0. The molecule has 2 aliphatic heterocycles. The Hall–Kier alpha value is -2.70. The summed E-state index contributed by atoms with van der Waals surface area (Å²) in [6.45, 7) is 18.9. The predicted octanol–water partition coefficient (Wildman–Crippen LogP) is 6.36. The van der Waals surface area contributed by atoms with Gasteiger partial charge in [0, 0.05) is 0 Å². The quantitative estimate of drug-likeness (QED) is 0.204. The van der Waals surface area contributed by atoms with Crippen LogP contribution in [0, 0.1) is 34.5 Å². The van der Waals surface area contributed by atoms with E-state index in [1.165, 1.54) is 17.3 Å². The molecule has 0 aromatic heterocycles. The molecule has 1 spiro atoms. The van der Waals surface area contributed by atoms with Crippen molar-refractivity contribution in [1.82, 2.24) is 0 Å². The first-order valence-electron chi connectivity index (χ1n) is 22.3. The zero-order valence-electron chi connectivity index (χ0n) is 37.2. The summed E-state index contributed by atoms with van der Waals surface area (Å²) in [5.74, 6) is -4.07. The maximum absolute atomic E-state index is 16.1. The van der Waals surface area contributed by atoms with E-state index in [1.807, 2.05) is 58.0 Å². The molecule has 328 valence electrons. The van der Waals surface area contributed by atoms with Gasteiger partial charge in [0.15, 0.2) is 0 Å². The van der Waals surface area contributed by atoms with Crippen LogP contribution in [-0.2, 0) is 37.7 Å². The second kappa shape index (κ2) is 15.2. The van der Waals surface area contributed by atoms with Crippen molar-refractivity contribution in [1.29, 1.82) is 0 Å². The van der Waals surface area contributed by atoms with E-state index in [4.69, 9.17) is 28.1 Å². The summed E-state index contributed by atoms with van der Waals surface area (Å²) in [6, 6.07) is 31.5. The van der Waals surface area contributed by atoms with Crippen LogP contribution in [0.4, 0.5) is 0 Å². The molecule has 12 atom stereocenters. The average molecular weight is 916 g/mol. The predicted molar refractivity (Wildman–Crippen MR) is 236 cm³/mol. The van der Waals surface area contributed by atoms with Crippen molar-refractivity contribution in [2.24, 2.45) is 34.5 Å². The van der Waals surface area contributed by atoms with Crippen molar-refractivity contribution in [3.63, 3.8) is 0 Å². The monoisotopic (exact) mass is 916 g/mol. The summed E-state index contributed by atoms with van der Waals surface area (Å²) >= 11 is -0.345. The number of rotatable bonds is 8. The first-order valence-corrected chi connectivity index (χ1v) is 26.1. The Morgan fingerprint density at radius 3 is 2.05 bits per heavy atom. The van der Waals surface area contributed by atoms with Gasteiger partial charge in [-0.25, -0.2) is 0 Å². The number of Topliss-reactive ketones (excluding diaryl/α,β-unsaturated/α-hetero) is 1. The Bertz CT molecular complexity index is 2070. The van der Waals surface area contributed by atoms with E-state index >= 15 is 4.79 Å². The molecule has 61 heavy (non-hydrogen) atoms. The SMILES string of the molecule is CC(=O)O[C@@H]1C[C@]2(C)[C@@H](CO[Si](c3ccccc3)(c3ccccc3)C(C)(C)C)CC[C@]2(O)[C@@H]2C(=O)C([Se]c3ccccc3)[C@@H]3[C@H]4OC(C)(C)O[C@H]4C[C@@H]4OC(C)(C)OC[C@]43[C@H]21. The van der Waals surface area contributed by atoms with Gasteiger partial charge in [-0.2, -0.15) is 0 Å². The standard InChI is InChI=1S/C50H64O9SeSi/c1-31(51)56-37-28-48(9)32(29-55-61(45(2,3)4,34-21-15-11-16-22-34)35-23-17-12-18-24-35)25-26-50(48,53)40-39(37)49-30-54-46(5,6)58-38(49)27-36-43(59-47(7,8)57-36)41(49)44(42(40)52)60-33-19-13-10-14-20-33/h10-24,32,36-41,43-44,53H,25-30H2,1-9H3/t32-,36+,37-,38+,39+,40+,41+,43+,44?,48-,49-,50+/m1/s1. The number of hydrogen-bond acceptors (Lipinski definition) is 9. The fraction of sp³-hybridized carbons (Fsp3) is 0.600. The van der Waals surface area contributed by atoms with Crippen LogP contribution in [0.15, 0.2) is 91.0 Å². The fourth-order valence-corrected chi connectivity index (χ4v) is 21.0. The number of hydrogen-bond donors (Lipinski definition) is 1. The van der Waals surface area contributed by atoms with Crippen LogP contribution < -0.4 is 14.8 Å². The molecule has 1 N–H and O–H groups in total. The van der Waals surface area contributed by atoms with Crippen LogP contribution in [-0.4, -0.2) is 94.9 Å². The molecule has 0 radical (unpaired) electrons. The third-order valence-electron chi connectivity index (χ3n) is 15.8. The topological polar surface area (TPSA) is 110 Å². The fourth-order valence-electron chi connectivity index (χ4n) is 13.4. The zero-order valence-corrected chi connectivity index (χ0v) is 39.9. The number of ether oxygens (including phenoxy) is 5. The molecule has 2 saturated heterocycles. The van der Waals surface area contributed by atoms with Crippen LogP contribution in [0.3, 0.4) is 0 Å². The van der Waals surface area contributed by atoms with E-state index in [0.29, 0.717) is 32.3 Å². The molecule has 9 nitrogen and oxygen atoms in total. The minimum atomic E-state index is -2.95. The number of carbonyl (C=O) groups excluding carboxylic acids is 2. The Morgan fingerprint density at radius 2 is 1.46 bits per heavy atom. The van der Waals surface area contributed by atoms with Gasteiger partial charge in [-0.05, 0) is 0 Å². The number of benzene rings is 3. The maximum atomic E-state index is 16.1. The van der Waals surface area contributed by atoms with Crippen LogP contribution >= 0.6 is 0 Å². The molecule has 6 fully saturated rings. The number of carbonyl (C=O) groups is 2. The molecule has 0 amide bonds. The van der Waals surface area contributed by atoms with Gasteiger partial charge >= 0.3 is 359 Å². The Morgan fingerprint density at radius 1 is 0.852 bits per heavy atom. The van der Waals surface area contributed by atoms with Gasteiger partial charge in [0.2, 0.25) is 0 Å². The summed E-state index contributed by atoms with van der Waals surface area (Å²) in [5.41, 5.74) is -3.09. The molecular weight excluding hydrogens is 852 g/mol. The van der Waals surface area contributed by atoms with Crippen LogP contribution in [0.25, 0.3) is 0 Å². The normalized spacial score (nSPS) is 38.7. The van der Waals surface area contributed by atoms with E-state index in [0.717, 1.165) is 4.46 Å². The third kappa shape index (κ3) is 6.82. The van der Waals surface area contributed by atoms with E-state index in [1.54, 1.807) is 0 Å². The van der Waals surface area contributed by atoms with E-state index in [9.17, 15) is 9.90 Å². The van der Waals surface area contributed by atoms with E-state index < -0.39 is 77.3 Å². The minimum absolute atomic E-state index is 0.0288. The van der Waals surface area contributed by atoms with Gasteiger partial charge in [-0.1, -0.05) is 12.1 Å². The number of esters is 1. The first kappa shape index (κ1) is 43.5. The van der Waals surface area contributed by atoms with Crippen LogP contribution in [0.2, 0.25) is 9.85 Å². The van der Waals surface area contributed by atoms with Gasteiger partial charge < -0.3 is 0 Å². The summed E-state index contributed by atoms with van der Waals surface area (Å²) in [7, 11) is -2.95. The number of ketones is 1. The molecular formula is C50H64O9SeSi. The van der Waals surface area contributed by atoms with Gasteiger partial charge in [0.25, 0.3) is 0 Å². The summed E-state index contributed by atoms with van der Waals surface area (Å²) in [6.07, 6.45) is 0.192. The van der Waals surface area contributed by atoms with Crippen molar-refractivity contribution < 1.29 is 42.8 Å². The van der Waals surface area contributed by atoms with E-state index in [2.05, 4.69) is 88.4 Å². The first-order chi connectivity index (χ1) is 28.8. The Labute approximate surface area is 369 Å². The molecule has 1 unspecified atom stereocenters. The van der Waals surface area contributed by atoms with Crippen molar-refractivity contribution in [2.45, 2.75) is 139 Å². The molecule has 3 aromatic carbocycles. The summed E-state index contributed by atoms with van der Waals surface area (Å²) in [5, 5.41) is 16.0. The van der Waals surface area contributed by atoms with Crippen molar-refractivity contribution >= 4 is 49.9 Å².